The number of hydrogen-bond acceptors (Lipinski definition) is 15. The van der Waals surface area contributed by atoms with Crippen LogP contribution in [0.1, 0.15) is 356 Å². The maximum atomic E-state index is 13.0. The third kappa shape index (κ3) is 64.6. The first-order chi connectivity index (χ1) is 42.9. The van der Waals surface area contributed by atoms with E-state index in [1.54, 1.807) is 0 Å². The van der Waals surface area contributed by atoms with Gasteiger partial charge in [-0.25, -0.2) is 9.13 Å². The van der Waals surface area contributed by atoms with Crippen LogP contribution in [0.4, 0.5) is 0 Å². The molecule has 0 fully saturated rings. The van der Waals surface area contributed by atoms with Crippen molar-refractivity contribution in [2.45, 2.75) is 374 Å². The standard InChI is InChI=1S/C70H136O17P2/c1-7-9-11-13-14-15-16-17-18-19-20-21-22-23-28-31-36-42-48-54-69(74)87-66(59-81-68(73)53-47-41-35-30-27-25-24-26-29-33-39-44-50-62(3)4)61-85-89(78,79)83-57-64(71)56-82-88(76,77)84-60-65(58-80-67(72)52-46-38-12-10-8-2)86-70(75)55-49-43-37-32-34-40-45-51-63(5)6/h62-66,71H,7-61H2,1-6H3,(H,76,77)(H,78,79)/t64-,65+,66+/m0/s1. The molecule has 0 aromatic heterocycles. The van der Waals surface area contributed by atoms with Gasteiger partial charge >= 0.3 is 39.5 Å². The van der Waals surface area contributed by atoms with Gasteiger partial charge < -0.3 is 33.8 Å². The highest BCUT2D eigenvalue weighted by Crippen LogP contribution is 2.45. The maximum absolute atomic E-state index is 13.0. The van der Waals surface area contributed by atoms with Crippen molar-refractivity contribution in [2.24, 2.45) is 11.8 Å². The fourth-order valence-electron chi connectivity index (χ4n) is 10.6. The number of unbranched alkanes of at least 4 members (excludes halogenated alkanes) is 39. The zero-order valence-electron chi connectivity index (χ0n) is 57.7. The topological polar surface area (TPSA) is 237 Å². The predicted molar refractivity (Wildman–Crippen MR) is 358 cm³/mol. The molecule has 0 rings (SSSR count). The summed E-state index contributed by atoms with van der Waals surface area (Å²) in [4.78, 5) is 72.2. The quantitative estimate of drug-likeness (QED) is 0.0222. The number of ether oxygens (including phenoxy) is 4. The highest BCUT2D eigenvalue weighted by atomic mass is 31.2. The molecule has 0 heterocycles. The minimum absolute atomic E-state index is 0.103. The summed E-state index contributed by atoms with van der Waals surface area (Å²) in [7, 11) is -9.89. The van der Waals surface area contributed by atoms with Gasteiger partial charge in [0, 0.05) is 25.7 Å². The van der Waals surface area contributed by atoms with Crippen LogP contribution in [-0.4, -0.2) is 96.7 Å². The zero-order valence-corrected chi connectivity index (χ0v) is 59.5. The molecule has 0 saturated carbocycles. The van der Waals surface area contributed by atoms with Gasteiger partial charge in [-0.3, -0.25) is 37.3 Å². The van der Waals surface area contributed by atoms with Gasteiger partial charge in [0.15, 0.2) is 12.2 Å². The molecule has 0 saturated heterocycles. The summed E-state index contributed by atoms with van der Waals surface area (Å²) in [6.07, 6.45) is 47.8. The minimum atomic E-state index is -4.95. The highest BCUT2D eigenvalue weighted by molar-refractivity contribution is 7.47. The van der Waals surface area contributed by atoms with Gasteiger partial charge in [0.2, 0.25) is 0 Å². The first kappa shape index (κ1) is 87.1. The van der Waals surface area contributed by atoms with Crippen molar-refractivity contribution < 1.29 is 80.2 Å². The van der Waals surface area contributed by atoms with Crippen molar-refractivity contribution in [3.8, 4) is 0 Å². The molecule has 0 aromatic rings. The van der Waals surface area contributed by atoms with Crippen LogP contribution in [0.25, 0.3) is 0 Å². The second-order valence-corrected chi connectivity index (χ2v) is 29.1. The number of carbonyl (C=O) groups excluding carboxylic acids is 4. The van der Waals surface area contributed by atoms with Crippen LogP contribution in [-0.2, 0) is 65.4 Å². The van der Waals surface area contributed by atoms with Crippen molar-refractivity contribution in [2.75, 3.05) is 39.6 Å². The molecule has 19 heteroatoms. The van der Waals surface area contributed by atoms with Gasteiger partial charge in [-0.15, -0.1) is 0 Å². The summed E-state index contributed by atoms with van der Waals surface area (Å²) in [5, 5.41) is 10.5. The molecule has 0 amide bonds. The number of rotatable bonds is 69. The van der Waals surface area contributed by atoms with E-state index in [9.17, 15) is 43.2 Å². The smallest absolute Gasteiger partial charge is 0.462 e. The molecule has 2 unspecified atom stereocenters. The summed E-state index contributed by atoms with van der Waals surface area (Å²) in [6.45, 7) is 9.40. The van der Waals surface area contributed by atoms with E-state index in [2.05, 4.69) is 41.5 Å². The third-order valence-corrected chi connectivity index (χ3v) is 18.1. The molecular formula is C70H136O17P2. The Morgan fingerprint density at radius 2 is 0.517 bits per heavy atom. The molecule has 0 aliphatic carbocycles. The summed E-state index contributed by atoms with van der Waals surface area (Å²) in [6, 6.07) is 0. The van der Waals surface area contributed by atoms with E-state index in [1.807, 2.05) is 0 Å². The average Bonchev–Trinajstić information content (AvgIpc) is 3.55. The Hall–Kier alpha value is -1.94. The van der Waals surface area contributed by atoms with Crippen molar-refractivity contribution in [3.63, 3.8) is 0 Å². The van der Waals surface area contributed by atoms with Gasteiger partial charge in [0.25, 0.3) is 0 Å². The fraction of sp³-hybridized carbons (Fsp3) is 0.943. The Labute approximate surface area is 543 Å². The molecule has 0 bridgehead atoms. The second-order valence-electron chi connectivity index (χ2n) is 26.2. The molecule has 5 atom stereocenters. The van der Waals surface area contributed by atoms with Crippen LogP contribution < -0.4 is 0 Å². The molecule has 3 N–H and O–H groups in total. The van der Waals surface area contributed by atoms with E-state index in [0.717, 1.165) is 102 Å². The monoisotopic (exact) mass is 1310 g/mol. The minimum Gasteiger partial charge on any atom is -0.462 e. The van der Waals surface area contributed by atoms with E-state index in [-0.39, 0.29) is 25.7 Å². The van der Waals surface area contributed by atoms with Crippen LogP contribution >= 0.6 is 15.6 Å². The SMILES string of the molecule is CCCCCCCCCCCCCCCCCCCCCC(=O)O[C@H](COC(=O)CCCCCCCCCCCCCCC(C)C)COP(=O)(O)OC[C@@H](O)COP(=O)(O)OC[C@@H](COC(=O)CCCCCCC)OC(=O)CCCCCCCCCC(C)C. The van der Waals surface area contributed by atoms with Crippen molar-refractivity contribution in [1.82, 2.24) is 0 Å². The summed E-state index contributed by atoms with van der Waals surface area (Å²) in [5.74, 6) is -0.660. The number of carbonyl (C=O) groups is 4. The molecule has 0 aromatic carbocycles. The Balaban J connectivity index is 5.14. The van der Waals surface area contributed by atoms with Crippen LogP contribution in [0, 0.1) is 11.8 Å². The van der Waals surface area contributed by atoms with Crippen LogP contribution in [0.5, 0.6) is 0 Å². The Bertz CT molecular complexity index is 1730. The summed E-state index contributed by atoms with van der Waals surface area (Å²) >= 11 is 0. The number of esters is 4. The number of aliphatic hydroxyl groups excluding tert-OH is 1. The van der Waals surface area contributed by atoms with E-state index >= 15 is 0 Å². The molecule has 0 spiro atoms. The van der Waals surface area contributed by atoms with Crippen LogP contribution in [0.15, 0.2) is 0 Å². The predicted octanol–water partition coefficient (Wildman–Crippen LogP) is 20.0. The molecular weight excluding hydrogens is 1170 g/mol. The van der Waals surface area contributed by atoms with Gasteiger partial charge in [-0.05, 0) is 37.5 Å². The number of aliphatic hydroxyl groups is 1. The molecule has 0 aliphatic heterocycles. The first-order valence-electron chi connectivity index (χ1n) is 36.5. The summed E-state index contributed by atoms with van der Waals surface area (Å²) < 4.78 is 68.0. The van der Waals surface area contributed by atoms with E-state index < -0.39 is 97.5 Å². The number of phosphoric acid groups is 2. The number of hydrogen-bond donors (Lipinski definition) is 3. The number of phosphoric ester groups is 2. The van der Waals surface area contributed by atoms with Gasteiger partial charge in [0.05, 0.1) is 26.4 Å². The Morgan fingerprint density at radius 3 is 0.764 bits per heavy atom. The van der Waals surface area contributed by atoms with Gasteiger partial charge in [-0.1, -0.05) is 305 Å². The fourth-order valence-corrected chi connectivity index (χ4v) is 12.2. The molecule has 17 nitrogen and oxygen atoms in total. The largest absolute Gasteiger partial charge is 0.472 e. The highest BCUT2D eigenvalue weighted by Gasteiger charge is 2.30. The van der Waals surface area contributed by atoms with Gasteiger partial charge in [-0.2, -0.15) is 0 Å². The lowest BCUT2D eigenvalue weighted by atomic mass is 10.0. The van der Waals surface area contributed by atoms with Crippen molar-refractivity contribution >= 4 is 39.5 Å². The van der Waals surface area contributed by atoms with Crippen molar-refractivity contribution in [3.05, 3.63) is 0 Å². The normalized spacial score (nSPS) is 14.1. The zero-order chi connectivity index (χ0) is 65.7. The second kappa shape index (κ2) is 62.2. The van der Waals surface area contributed by atoms with Crippen LogP contribution in [0.2, 0.25) is 0 Å². The van der Waals surface area contributed by atoms with E-state index in [0.29, 0.717) is 31.6 Å². The average molecular weight is 1310 g/mol. The molecule has 0 aliphatic rings. The lowest BCUT2D eigenvalue weighted by Crippen LogP contribution is -2.30. The maximum Gasteiger partial charge on any atom is 0.472 e. The first-order valence-corrected chi connectivity index (χ1v) is 39.5. The van der Waals surface area contributed by atoms with Crippen molar-refractivity contribution in [1.29, 1.82) is 0 Å². The van der Waals surface area contributed by atoms with E-state index in [4.69, 9.17) is 37.0 Å². The molecule has 0 radical (unpaired) electrons. The van der Waals surface area contributed by atoms with Crippen LogP contribution in [0.3, 0.4) is 0 Å². The molecule has 89 heavy (non-hydrogen) atoms. The van der Waals surface area contributed by atoms with Gasteiger partial charge in [0.1, 0.15) is 19.3 Å². The lowest BCUT2D eigenvalue weighted by molar-refractivity contribution is -0.161. The molecule has 528 valence electrons. The van der Waals surface area contributed by atoms with E-state index in [1.165, 1.54) is 167 Å². The third-order valence-electron chi connectivity index (χ3n) is 16.2. The Morgan fingerprint density at radius 1 is 0.303 bits per heavy atom. The summed E-state index contributed by atoms with van der Waals surface area (Å²) in [5.41, 5.74) is 0. The Kier molecular flexibility index (Phi) is 60.8. The lowest BCUT2D eigenvalue weighted by Gasteiger charge is -2.21.